The number of aromatic hydroxyl groups is 1. The molecule has 1 atom stereocenters. The van der Waals surface area contributed by atoms with E-state index in [2.05, 4.69) is 5.32 Å². The summed E-state index contributed by atoms with van der Waals surface area (Å²) in [6, 6.07) is 10.9. The van der Waals surface area contributed by atoms with Gasteiger partial charge < -0.3 is 15.2 Å². The van der Waals surface area contributed by atoms with E-state index < -0.39 is 0 Å². The number of fused-ring (bicyclic) bond motifs is 1. The number of thioether (sulfide) groups is 1. The molecule has 4 rings (SSSR count). The first-order valence-corrected chi connectivity index (χ1v) is 10.5. The highest BCUT2D eigenvalue weighted by Gasteiger charge is 2.31. The van der Waals surface area contributed by atoms with Crippen LogP contribution in [-0.4, -0.2) is 33.7 Å². The molecule has 0 aliphatic carbocycles. The van der Waals surface area contributed by atoms with Crippen molar-refractivity contribution in [2.24, 2.45) is 0 Å². The third-order valence-corrected chi connectivity index (χ3v) is 6.59. The largest absolute Gasteiger partial charge is 0.504 e. The minimum atomic E-state index is -0.145. The standard InChI is InChI=1S/C21H20ClN3O3S/c1-11-4-6-14(9-15(11)22)25-21-19(12(2)24-25)20(29-10-18(27)23-21)13-5-7-16(26)17(8-13)28-3/h4-9,20,26H,10H2,1-3H3,(H,23,27)/t20-/m0/s1. The first kappa shape index (κ1) is 19.7. The van der Waals surface area contributed by atoms with Crippen LogP contribution in [0.25, 0.3) is 5.69 Å². The smallest absolute Gasteiger partial charge is 0.235 e. The highest BCUT2D eigenvalue weighted by Crippen LogP contribution is 2.45. The predicted molar refractivity (Wildman–Crippen MR) is 116 cm³/mol. The number of phenolic OH excluding ortho intramolecular Hbond substituents is 1. The van der Waals surface area contributed by atoms with E-state index in [-0.39, 0.29) is 16.9 Å². The van der Waals surface area contributed by atoms with Crippen molar-refractivity contribution in [1.29, 1.82) is 0 Å². The number of carbonyl (C=O) groups is 1. The number of hydrogen-bond donors (Lipinski definition) is 2. The molecule has 2 aromatic carbocycles. The molecule has 0 bridgehead atoms. The van der Waals surface area contributed by atoms with Crippen LogP contribution < -0.4 is 10.1 Å². The van der Waals surface area contributed by atoms with E-state index in [0.29, 0.717) is 22.3 Å². The second kappa shape index (κ2) is 7.65. The van der Waals surface area contributed by atoms with Gasteiger partial charge in [0.05, 0.1) is 29.5 Å². The van der Waals surface area contributed by atoms with Crippen LogP contribution in [-0.2, 0) is 4.79 Å². The summed E-state index contributed by atoms with van der Waals surface area (Å²) in [7, 11) is 1.51. The maximum atomic E-state index is 12.4. The summed E-state index contributed by atoms with van der Waals surface area (Å²) in [6.45, 7) is 3.86. The zero-order valence-electron chi connectivity index (χ0n) is 16.2. The van der Waals surface area contributed by atoms with Gasteiger partial charge >= 0.3 is 0 Å². The SMILES string of the molecule is COc1cc([C@@H]2SCC(=O)Nc3c2c(C)nn3-c2ccc(C)c(Cl)c2)ccc1O. The van der Waals surface area contributed by atoms with Crippen molar-refractivity contribution in [3.63, 3.8) is 0 Å². The Labute approximate surface area is 177 Å². The minimum absolute atomic E-state index is 0.0750. The van der Waals surface area contributed by atoms with Gasteiger partial charge in [-0.05, 0) is 49.2 Å². The van der Waals surface area contributed by atoms with E-state index in [9.17, 15) is 9.90 Å². The molecular weight excluding hydrogens is 410 g/mol. The molecule has 3 aromatic rings. The third kappa shape index (κ3) is 3.56. The van der Waals surface area contributed by atoms with Crippen LogP contribution in [0.4, 0.5) is 5.82 Å². The number of carbonyl (C=O) groups excluding carboxylic acids is 1. The second-order valence-corrected chi connectivity index (χ2v) is 8.36. The number of aryl methyl sites for hydroxylation is 2. The van der Waals surface area contributed by atoms with Crippen LogP contribution in [0.15, 0.2) is 36.4 Å². The molecule has 29 heavy (non-hydrogen) atoms. The molecule has 1 aliphatic rings. The second-order valence-electron chi connectivity index (χ2n) is 6.86. The number of phenols is 1. The first-order valence-electron chi connectivity index (χ1n) is 9.03. The lowest BCUT2D eigenvalue weighted by atomic mass is 10.0. The van der Waals surface area contributed by atoms with Crippen molar-refractivity contribution in [3.8, 4) is 17.2 Å². The summed E-state index contributed by atoms with van der Waals surface area (Å²) < 4.78 is 7.00. The molecular formula is C21H20ClN3O3S. The number of aromatic nitrogens is 2. The number of nitrogens with zero attached hydrogens (tertiary/aromatic N) is 2. The van der Waals surface area contributed by atoms with Gasteiger partial charge in [-0.2, -0.15) is 5.10 Å². The van der Waals surface area contributed by atoms with Crippen LogP contribution in [0.5, 0.6) is 11.5 Å². The van der Waals surface area contributed by atoms with Crippen molar-refractivity contribution in [2.45, 2.75) is 19.1 Å². The summed E-state index contributed by atoms with van der Waals surface area (Å²) in [6.07, 6.45) is 0. The first-order chi connectivity index (χ1) is 13.9. The van der Waals surface area contributed by atoms with Gasteiger partial charge in [0, 0.05) is 10.6 Å². The lowest BCUT2D eigenvalue weighted by Gasteiger charge is -2.17. The lowest BCUT2D eigenvalue weighted by molar-refractivity contribution is -0.113. The highest BCUT2D eigenvalue weighted by atomic mass is 35.5. The quantitative estimate of drug-likeness (QED) is 0.634. The predicted octanol–water partition coefficient (Wildman–Crippen LogP) is 4.63. The number of ether oxygens (including phenoxy) is 1. The molecule has 1 amide bonds. The van der Waals surface area contributed by atoms with Gasteiger partial charge in [-0.3, -0.25) is 4.79 Å². The van der Waals surface area contributed by atoms with Gasteiger partial charge in [-0.15, -0.1) is 11.8 Å². The van der Waals surface area contributed by atoms with E-state index >= 15 is 0 Å². The Balaban J connectivity index is 1.88. The van der Waals surface area contributed by atoms with Crippen molar-refractivity contribution >= 4 is 35.1 Å². The monoisotopic (exact) mass is 429 g/mol. The molecule has 2 heterocycles. The Morgan fingerprint density at radius 2 is 2.07 bits per heavy atom. The van der Waals surface area contributed by atoms with Gasteiger partial charge in [0.25, 0.3) is 0 Å². The highest BCUT2D eigenvalue weighted by molar-refractivity contribution is 8.00. The number of anilines is 1. The molecule has 1 aliphatic heterocycles. The van der Waals surface area contributed by atoms with Crippen molar-refractivity contribution in [2.75, 3.05) is 18.2 Å². The summed E-state index contributed by atoms with van der Waals surface area (Å²) in [5.41, 5.74) is 4.40. The van der Waals surface area contributed by atoms with Crippen LogP contribution in [0.2, 0.25) is 5.02 Å². The summed E-state index contributed by atoms with van der Waals surface area (Å²) in [5.74, 6) is 1.31. The topological polar surface area (TPSA) is 76.4 Å². The fourth-order valence-electron chi connectivity index (χ4n) is 3.40. The normalized spacial score (nSPS) is 16.1. The molecule has 2 N–H and O–H groups in total. The number of halogens is 1. The van der Waals surface area contributed by atoms with Crippen LogP contribution in [0, 0.1) is 13.8 Å². The Morgan fingerprint density at radius 3 is 2.79 bits per heavy atom. The zero-order chi connectivity index (χ0) is 20.7. The molecule has 0 saturated heterocycles. The number of amides is 1. The Morgan fingerprint density at radius 1 is 1.28 bits per heavy atom. The summed E-state index contributed by atoms with van der Waals surface area (Å²) in [4.78, 5) is 12.4. The number of methoxy groups -OCH3 is 1. The van der Waals surface area contributed by atoms with E-state index in [1.807, 2.05) is 38.1 Å². The van der Waals surface area contributed by atoms with Crippen molar-refractivity contribution in [1.82, 2.24) is 9.78 Å². The molecule has 0 radical (unpaired) electrons. The number of nitrogens with one attached hydrogen (secondary N) is 1. The van der Waals surface area contributed by atoms with Crippen molar-refractivity contribution in [3.05, 3.63) is 63.8 Å². The van der Waals surface area contributed by atoms with E-state index in [1.165, 1.54) is 18.9 Å². The molecule has 0 saturated carbocycles. The summed E-state index contributed by atoms with van der Waals surface area (Å²) >= 11 is 7.83. The Kier molecular flexibility index (Phi) is 5.19. The van der Waals surface area contributed by atoms with E-state index in [4.69, 9.17) is 21.4 Å². The Hall–Kier alpha value is -2.64. The third-order valence-electron chi connectivity index (χ3n) is 4.91. The fourth-order valence-corrected chi connectivity index (χ4v) is 4.76. The van der Waals surface area contributed by atoms with Crippen molar-refractivity contribution < 1.29 is 14.6 Å². The summed E-state index contributed by atoms with van der Waals surface area (Å²) in [5, 5.41) is 18.1. The van der Waals surface area contributed by atoms with Crippen LogP contribution >= 0.6 is 23.4 Å². The van der Waals surface area contributed by atoms with Gasteiger partial charge in [-0.25, -0.2) is 4.68 Å². The van der Waals surface area contributed by atoms with Gasteiger partial charge in [0.2, 0.25) is 5.91 Å². The maximum absolute atomic E-state index is 12.4. The Bertz CT molecular complexity index is 1110. The maximum Gasteiger partial charge on any atom is 0.235 e. The van der Waals surface area contributed by atoms with E-state index in [1.54, 1.807) is 16.8 Å². The van der Waals surface area contributed by atoms with Gasteiger partial charge in [0.1, 0.15) is 5.82 Å². The molecule has 8 heteroatoms. The van der Waals surface area contributed by atoms with Gasteiger partial charge in [-0.1, -0.05) is 23.7 Å². The van der Waals surface area contributed by atoms with E-state index in [0.717, 1.165) is 28.1 Å². The van der Waals surface area contributed by atoms with Gasteiger partial charge in [0.15, 0.2) is 11.5 Å². The molecule has 0 spiro atoms. The fraction of sp³-hybridized carbons (Fsp3) is 0.238. The lowest BCUT2D eigenvalue weighted by Crippen LogP contribution is -2.15. The number of rotatable bonds is 3. The molecule has 1 aromatic heterocycles. The molecule has 150 valence electrons. The minimum Gasteiger partial charge on any atom is -0.504 e. The number of benzene rings is 2. The molecule has 6 nitrogen and oxygen atoms in total. The van der Waals surface area contributed by atoms with Crippen LogP contribution in [0.1, 0.15) is 27.6 Å². The zero-order valence-corrected chi connectivity index (χ0v) is 17.8. The average Bonchev–Trinajstić information content (AvgIpc) is 2.90. The molecule has 0 unspecified atom stereocenters. The average molecular weight is 430 g/mol. The molecule has 0 fully saturated rings. The van der Waals surface area contributed by atoms with Crippen LogP contribution in [0.3, 0.4) is 0 Å². The number of hydrogen-bond acceptors (Lipinski definition) is 5.